The molecular weight excluding hydrogens is 254 g/mol. The van der Waals surface area contributed by atoms with E-state index in [1.807, 2.05) is 19.0 Å². The van der Waals surface area contributed by atoms with Gasteiger partial charge in [0.2, 0.25) is 17.8 Å². The summed E-state index contributed by atoms with van der Waals surface area (Å²) in [4.78, 5) is 19.2. The number of rotatable bonds is 4. The van der Waals surface area contributed by atoms with Crippen LogP contribution in [0.1, 0.15) is 12.8 Å². The van der Waals surface area contributed by atoms with E-state index in [2.05, 4.69) is 38.8 Å². The van der Waals surface area contributed by atoms with Gasteiger partial charge in [-0.1, -0.05) is 0 Å². The second-order valence-corrected chi connectivity index (χ2v) is 5.88. The number of nitrogen functional groups attached to an aromatic ring is 1. The van der Waals surface area contributed by atoms with Crippen LogP contribution in [0.2, 0.25) is 0 Å². The highest BCUT2D eigenvalue weighted by Gasteiger charge is 2.22. The highest BCUT2D eigenvalue weighted by atomic mass is 15.3. The Labute approximate surface area is 120 Å². The van der Waals surface area contributed by atoms with Crippen LogP contribution in [-0.4, -0.2) is 67.7 Å². The molecule has 0 spiro atoms. The van der Waals surface area contributed by atoms with E-state index in [-0.39, 0.29) is 5.95 Å². The zero-order valence-corrected chi connectivity index (χ0v) is 12.9. The van der Waals surface area contributed by atoms with Gasteiger partial charge in [0.15, 0.2) is 0 Å². The SMILES string of the molecule is CN(C)CC1CCN(c2nc(N)nc(N(C)C)n2)CC1. The number of piperidine rings is 1. The Bertz CT molecular complexity index is 438. The van der Waals surface area contributed by atoms with Crippen molar-refractivity contribution in [2.75, 3.05) is 63.4 Å². The average molecular weight is 279 g/mol. The summed E-state index contributed by atoms with van der Waals surface area (Å²) >= 11 is 0. The van der Waals surface area contributed by atoms with Crippen molar-refractivity contribution in [3.05, 3.63) is 0 Å². The Morgan fingerprint density at radius 3 is 2.30 bits per heavy atom. The van der Waals surface area contributed by atoms with Crippen molar-refractivity contribution in [3.63, 3.8) is 0 Å². The van der Waals surface area contributed by atoms with Crippen LogP contribution in [0.15, 0.2) is 0 Å². The number of hydrogen-bond acceptors (Lipinski definition) is 7. The van der Waals surface area contributed by atoms with E-state index in [4.69, 9.17) is 5.73 Å². The molecule has 0 saturated carbocycles. The molecule has 0 atom stereocenters. The highest BCUT2D eigenvalue weighted by Crippen LogP contribution is 2.22. The van der Waals surface area contributed by atoms with Gasteiger partial charge in [-0.05, 0) is 32.9 Å². The molecule has 112 valence electrons. The van der Waals surface area contributed by atoms with E-state index in [9.17, 15) is 0 Å². The highest BCUT2D eigenvalue weighted by molar-refractivity contribution is 5.42. The summed E-state index contributed by atoms with van der Waals surface area (Å²) in [5.74, 6) is 2.36. The molecule has 0 unspecified atom stereocenters. The van der Waals surface area contributed by atoms with Gasteiger partial charge in [0.05, 0.1) is 0 Å². The molecule has 7 heteroatoms. The molecule has 2 N–H and O–H groups in total. The van der Waals surface area contributed by atoms with E-state index in [1.54, 1.807) is 0 Å². The van der Waals surface area contributed by atoms with Crippen LogP contribution in [0.25, 0.3) is 0 Å². The molecule has 2 heterocycles. The monoisotopic (exact) mass is 279 g/mol. The van der Waals surface area contributed by atoms with E-state index in [0.29, 0.717) is 11.9 Å². The lowest BCUT2D eigenvalue weighted by atomic mass is 9.97. The predicted octanol–water partition coefficient (Wildman–Crippen LogP) is 0.298. The first-order valence-electron chi connectivity index (χ1n) is 7.04. The van der Waals surface area contributed by atoms with Gasteiger partial charge in [-0.25, -0.2) is 0 Å². The minimum atomic E-state index is 0.286. The van der Waals surface area contributed by atoms with Crippen LogP contribution < -0.4 is 15.5 Å². The Morgan fingerprint density at radius 2 is 1.75 bits per heavy atom. The van der Waals surface area contributed by atoms with Gasteiger partial charge >= 0.3 is 0 Å². The Hall–Kier alpha value is -1.63. The Morgan fingerprint density at radius 1 is 1.10 bits per heavy atom. The number of aromatic nitrogens is 3. The van der Waals surface area contributed by atoms with Crippen molar-refractivity contribution < 1.29 is 0 Å². The average Bonchev–Trinajstić information content (AvgIpc) is 2.38. The molecule has 0 aromatic carbocycles. The summed E-state index contributed by atoms with van der Waals surface area (Å²) in [5, 5.41) is 0. The fraction of sp³-hybridized carbons (Fsp3) is 0.769. The lowest BCUT2D eigenvalue weighted by Gasteiger charge is -2.33. The van der Waals surface area contributed by atoms with Gasteiger partial charge in [-0.2, -0.15) is 15.0 Å². The quantitative estimate of drug-likeness (QED) is 0.849. The van der Waals surface area contributed by atoms with Crippen LogP contribution in [-0.2, 0) is 0 Å². The van der Waals surface area contributed by atoms with Gasteiger partial charge in [-0.3, -0.25) is 0 Å². The van der Waals surface area contributed by atoms with Crippen molar-refractivity contribution in [2.24, 2.45) is 5.92 Å². The summed E-state index contributed by atoms with van der Waals surface area (Å²) in [6, 6.07) is 0. The molecule has 0 amide bonds. The predicted molar refractivity (Wildman–Crippen MR) is 82.1 cm³/mol. The van der Waals surface area contributed by atoms with E-state index >= 15 is 0 Å². The van der Waals surface area contributed by atoms with Crippen LogP contribution in [0.4, 0.5) is 17.8 Å². The molecule has 1 aliphatic heterocycles. The molecular formula is C13H25N7. The van der Waals surface area contributed by atoms with Crippen LogP contribution in [0.5, 0.6) is 0 Å². The second-order valence-electron chi connectivity index (χ2n) is 5.88. The summed E-state index contributed by atoms with van der Waals surface area (Å²) in [6.45, 7) is 3.11. The fourth-order valence-corrected chi connectivity index (χ4v) is 2.54. The summed E-state index contributed by atoms with van der Waals surface area (Å²) in [7, 11) is 8.06. The minimum absolute atomic E-state index is 0.286. The van der Waals surface area contributed by atoms with Crippen LogP contribution in [0, 0.1) is 5.92 Å². The molecule has 1 aliphatic rings. The number of nitrogens with zero attached hydrogens (tertiary/aromatic N) is 6. The Kier molecular flexibility index (Phi) is 4.59. The third-order valence-corrected chi connectivity index (χ3v) is 3.55. The van der Waals surface area contributed by atoms with Crippen molar-refractivity contribution in [1.82, 2.24) is 19.9 Å². The maximum Gasteiger partial charge on any atom is 0.231 e. The summed E-state index contributed by atoms with van der Waals surface area (Å²) in [5.41, 5.74) is 5.77. The first kappa shape index (κ1) is 14.8. The molecule has 1 fully saturated rings. The molecule has 1 aromatic rings. The van der Waals surface area contributed by atoms with Gasteiger partial charge in [0.25, 0.3) is 0 Å². The molecule has 20 heavy (non-hydrogen) atoms. The smallest absolute Gasteiger partial charge is 0.231 e. The topological polar surface area (TPSA) is 74.4 Å². The Balaban J connectivity index is 2.03. The third kappa shape index (κ3) is 3.69. The molecule has 7 nitrogen and oxygen atoms in total. The molecule has 2 rings (SSSR count). The van der Waals surface area contributed by atoms with E-state index in [0.717, 1.165) is 25.6 Å². The zero-order valence-electron chi connectivity index (χ0n) is 12.9. The third-order valence-electron chi connectivity index (χ3n) is 3.55. The fourth-order valence-electron chi connectivity index (χ4n) is 2.54. The molecule has 1 aromatic heterocycles. The maximum atomic E-state index is 5.77. The van der Waals surface area contributed by atoms with Crippen molar-refractivity contribution in [2.45, 2.75) is 12.8 Å². The van der Waals surface area contributed by atoms with Crippen molar-refractivity contribution >= 4 is 17.8 Å². The number of nitrogens with two attached hydrogens (primary N) is 1. The standard InChI is InChI=1S/C13H25N7/c1-18(2)9-10-5-7-20(8-6-10)13-16-11(14)15-12(17-13)19(3)4/h10H,5-9H2,1-4H3,(H2,14,15,16,17). The molecule has 0 bridgehead atoms. The maximum absolute atomic E-state index is 5.77. The molecule has 0 aliphatic carbocycles. The lowest BCUT2D eigenvalue weighted by molar-refractivity contribution is 0.284. The van der Waals surface area contributed by atoms with Gasteiger partial charge in [-0.15, -0.1) is 0 Å². The second kappa shape index (κ2) is 6.21. The van der Waals surface area contributed by atoms with Crippen LogP contribution in [0.3, 0.4) is 0 Å². The van der Waals surface area contributed by atoms with Gasteiger partial charge < -0.3 is 20.4 Å². The normalized spacial score (nSPS) is 16.8. The van der Waals surface area contributed by atoms with Gasteiger partial charge in [0, 0.05) is 33.7 Å². The zero-order chi connectivity index (χ0) is 14.7. The van der Waals surface area contributed by atoms with Crippen molar-refractivity contribution in [3.8, 4) is 0 Å². The molecule has 1 saturated heterocycles. The summed E-state index contributed by atoms with van der Waals surface area (Å²) in [6.07, 6.45) is 2.34. The first-order chi connectivity index (χ1) is 9.45. The largest absolute Gasteiger partial charge is 0.368 e. The van der Waals surface area contributed by atoms with E-state index in [1.165, 1.54) is 12.8 Å². The van der Waals surface area contributed by atoms with Gasteiger partial charge in [0.1, 0.15) is 0 Å². The minimum Gasteiger partial charge on any atom is -0.368 e. The van der Waals surface area contributed by atoms with Crippen LogP contribution >= 0.6 is 0 Å². The van der Waals surface area contributed by atoms with E-state index < -0.39 is 0 Å². The number of anilines is 3. The number of hydrogen-bond donors (Lipinski definition) is 1. The van der Waals surface area contributed by atoms with Crippen molar-refractivity contribution in [1.29, 1.82) is 0 Å². The summed E-state index contributed by atoms with van der Waals surface area (Å²) < 4.78 is 0. The first-order valence-corrected chi connectivity index (χ1v) is 7.04. The lowest BCUT2D eigenvalue weighted by Crippen LogP contribution is -2.38. The molecule has 0 radical (unpaired) electrons.